The highest BCUT2D eigenvalue weighted by molar-refractivity contribution is 6.37. The van der Waals surface area contributed by atoms with Gasteiger partial charge in [0.2, 0.25) is 0 Å². The van der Waals surface area contributed by atoms with Crippen LogP contribution in [0.2, 0.25) is 0 Å². The Labute approximate surface area is 330 Å². The molecule has 0 saturated carbocycles. The molecule has 0 heterocycles. The number of fused-ring (bicyclic) bond motifs is 3. The summed E-state index contributed by atoms with van der Waals surface area (Å²) in [5.74, 6) is 0. The van der Waals surface area contributed by atoms with E-state index in [0.717, 1.165) is 17.1 Å². The largest absolute Gasteiger partial charge is 0.310 e. The molecule has 0 aromatic heterocycles. The molecule has 0 aliphatic carbocycles. The molecule has 0 fully saturated rings. The van der Waals surface area contributed by atoms with Gasteiger partial charge < -0.3 is 4.90 Å². The van der Waals surface area contributed by atoms with Crippen molar-refractivity contribution in [1.82, 2.24) is 0 Å². The van der Waals surface area contributed by atoms with Crippen LogP contribution in [0, 0.1) is 0 Å². The van der Waals surface area contributed by atoms with Crippen LogP contribution in [0.1, 0.15) is 0 Å². The van der Waals surface area contributed by atoms with E-state index in [1.54, 1.807) is 0 Å². The Morgan fingerprint density at radius 2 is 0.684 bits per heavy atom. The van der Waals surface area contributed by atoms with Crippen molar-refractivity contribution >= 4 is 92.5 Å². The summed E-state index contributed by atoms with van der Waals surface area (Å²) in [7, 11) is 0. The normalized spacial score (nSPS) is 11.9. The smallest absolute Gasteiger partial charge is 0.0474 e. The van der Waals surface area contributed by atoms with E-state index in [1.165, 1.54) is 97.7 Å². The molecule has 0 N–H and O–H groups in total. The lowest BCUT2D eigenvalue weighted by Crippen LogP contribution is -2.10. The fourth-order valence-electron chi connectivity index (χ4n) is 9.47. The highest BCUT2D eigenvalue weighted by Gasteiger charge is 2.20. The van der Waals surface area contributed by atoms with Gasteiger partial charge in [-0.1, -0.05) is 170 Å². The first-order chi connectivity index (χ1) is 28.2. The van der Waals surface area contributed by atoms with E-state index >= 15 is 0 Å². The van der Waals surface area contributed by atoms with Gasteiger partial charge in [-0.25, -0.2) is 0 Å². The predicted octanol–water partition coefficient (Wildman–Crippen LogP) is 16.0. The number of nitrogens with zero attached hydrogens (tertiary/aromatic N) is 1. The van der Waals surface area contributed by atoms with Crippen LogP contribution in [-0.2, 0) is 0 Å². The number of rotatable bonds is 5. The summed E-state index contributed by atoms with van der Waals surface area (Å²) in [5.41, 5.74) is 8.13. The fourth-order valence-corrected chi connectivity index (χ4v) is 9.47. The topological polar surface area (TPSA) is 3.24 Å². The van der Waals surface area contributed by atoms with E-state index in [0.29, 0.717) is 0 Å². The summed E-state index contributed by atoms with van der Waals surface area (Å²) in [5, 5.41) is 17.9. The molecule has 0 spiro atoms. The molecular weight excluding hydrogens is 687 g/mol. The summed E-state index contributed by atoms with van der Waals surface area (Å²) < 4.78 is 0. The van der Waals surface area contributed by atoms with Crippen LogP contribution in [0.25, 0.3) is 97.7 Å². The third-order valence-corrected chi connectivity index (χ3v) is 12.1. The molecule has 0 amide bonds. The molecule has 0 radical (unpaired) electrons. The van der Waals surface area contributed by atoms with Crippen LogP contribution in [0.5, 0.6) is 0 Å². The number of benzene rings is 11. The molecule has 0 aliphatic heterocycles. The maximum atomic E-state index is 2.45. The maximum absolute atomic E-state index is 2.45. The molecule has 1 nitrogen and oxygen atoms in total. The molecule has 0 atom stereocenters. The van der Waals surface area contributed by atoms with Gasteiger partial charge in [0.15, 0.2) is 0 Å². The van der Waals surface area contributed by atoms with Crippen molar-refractivity contribution in [3.8, 4) is 22.3 Å². The summed E-state index contributed by atoms with van der Waals surface area (Å²) in [6.07, 6.45) is 0. The molecule has 264 valence electrons. The Morgan fingerprint density at radius 1 is 0.211 bits per heavy atom. The lowest BCUT2D eigenvalue weighted by Gasteiger charge is -2.27. The lowest BCUT2D eigenvalue weighted by atomic mass is 9.87. The van der Waals surface area contributed by atoms with Gasteiger partial charge in [-0.15, -0.1) is 0 Å². The molecule has 1 heteroatoms. The van der Waals surface area contributed by atoms with Crippen molar-refractivity contribution in [1.29, 1.82) is 0 Å². The van der Waals surface area contributed by atoms with Gasteiger partial charge in [-0.3, -0.25) is 0 Å². The minimum absolute atomic E-state index is 1.11. The molecule has 12 aromatic carbocycles. The van der Waals surface area contributed by atoms with Gasteiger partial charge in [0.05, 0.1) is 0 Å². The average Bonchev–Trinajstić information content (AvgIpc) is 3.28. The quantitative estimate of drug-likeness (QED) is 0.160. The third kappa shape index (κ3) is 5.03. The minimum atomic E-state index is 1.11. The lowest BCUT2D eigenvalue weighted by molar-refractivity contribution is 1.29. The van der Waals surface area contributed by atoms with Gasteiger partial charge in [0.25, 0.3) is 0 Å². The van der Waals surface area contributed by atoms with Crippen molar-refractivity contribution in [3.05, 3.63) is 212 Å². The second-order valence-corrected chi connectivity index (χ2v) is 15.3. The van der Waals surface area contributed by atoms with E-state index in [2.05, 4.69) is 217 Å². The van der Waals surface area contributed by atoms with E-state index in [-0.39, 0.29) is 0 Å². The molecule has 57 heavy (non-hydrogen) atoms. The Balaban J connectivity index is 1.17. The molecule has 12 rings (SSSR count). The summed E-state index contributed by atoms with van der Waals surface area (Å²) >= 11 is 0. The zero-order valence-electron chi connectivity index (χ0n) is 31.2. The van der Waals surface area contributed by atoms with Gasteiger partial charge >= 0.3 is 0 Å². The number of hydrogen-bond acceptors (Lipinski definition) is 1. The Morgan fingerprint density at radius 3 is 1.37 bits per heavy atom. The Kier molecular flexibility index (Phi) is 7.00. The fraction of sp³-hybridized carbons (Fsp3) is 0. The molecular formula is C56H35N. The van der Waals surface area contributed by atoms with Crippen LogP contribution < -0.4 is 4.90 Å². The van der Waals surface area contributed by atoms with Gasteiger partial charge in [0, 0.05) is 17.1 Å². The van der Waals surface area contributed by atoms with Crippen LogP contribution in [0.4, 0.5) is 17.1 Å². The standard InChI is InChI=1S/C56H35N/c1-2-10-36(11-3-1)38-28-30-46(31-29-38)57(47-18-6-17-43(33-47)44-26-22-37-12-4-5-13-42(37)32-44)48-34-45-27-25-41-15-8-20-50-49-19-7-14-39-23-24-40-16-9-21-51(55(40)53(39)49)52(35-48)56(45)54(41)50/h1-35H. The van der Waals surface area contributed by atoms with Crippen molar-refractivity contribution in [3.63, 3.8) is 0 Å². The van der Waals surface area contributed by atoms with E-state index in [1.807, 2.05) is 0 Å². The number of hydrogen-bond donors (Lipinski definition) is 0. The Bertz CT molecular complexity index is 3500. The highest BCUT2D eigenvalue weighted by atomic mass is 15.1. The predicted molar refractivity (Wildman–Crippen MR) is 246 cm³/mol. The zero-order chi connectivity index (χ0) is 37.5. The van der Waals surface area contributed by atoms with Crippen molar-refractivity contribution in [2.45, 2.75) is 0 Å². The molecule has 0 unspecified atom stereocenters. The van der Waals surface area contributed by atoms with E-state index in [4.69, 9.17) is 0 Å². The second-order valence-electron chi connectivity index (χ2n) is 15.3. The minimum Gasteiger partial charge on any atom is -0.310 e. The summed E-state index contributed by atoms with van der Waals surface area (Å²) in [6, 6.07) is 78.6. The van der Waals surface area contributed by atoms with Crippen molar-refractivity contribution < 1.29 is 0 Å². The number of anilines is 3. The molecule has 0 bridgehead atoms. The first-order valence-corrected chi connectivity index (χ1v) is 19.7. The molecule has 12 aromatic rings. The van der Waals surface area contributed by atoms with Gasteiger partial charge in [0.1, 0.15) is 0 Å². The highest BCUT2D eigenvalue weighted by Crippen LogP contribution is 2.46. The van der Waals surface area contributed by atoms with Crippen molar-refractivity contribution in [2.75, 3.05) is 4.90 Å². The molecule has 0 aliphatic rings. The zero-order valence-corrected chi connectivity index (χ0v) is 31.2. The first-order valence-electron chi connectivity index (χ1n) is 19.7. The summed E-state index contributed by atoms with van der Waals surface area (Å²) in [4.78, 5) is 2.44. The van der Waals surface area contributed by atoms with Crippen molar-refractivity contribution in [2.24, 2.45) is 0 Å². The summed E-state index contributed by atoms with van der Waals surface area (Å²) in [6.45, 7) is 0. The SMILES string of the molecule is c1ccc(-c2ccc(N(c3cccc(-c4ccc5ccccc5c4)c3)c3cc4ccc5cccc6c7cccc8ccc9cccc(c(c3)c4c56)c9c87)cc2)cc1. The Hall–Kier alpha value is -7.48. The van der Waals surface area contributed by atoms with Crippen LogP contribution >= 0.6 is 0 Å². The monoisotopic (exact) mass is 721 g/mol. The average molecular weight is 722 g/mol. The second kappa shape index (κ2) is 12.5. The van der Waals surface area contributed by atoms with E-state index < -0.39 is 0 Å². The van der Waals surface area contributed by atoms with Gasteiger partial charge in [-0.05, 0) is 140 Å². The van der Waals surface area contributed by atoms with Crippen LogP contribution in [0.3, 0.4) is 0 Å². The van der Waals surface area contributed by atoms with Crippen LogP contribution in [0.15, 0.2) is 212 Å². The molecule has 0 saturated heterocycles. The third-order valence-electron chi connectivity index (χ3n) is 12.1. The van der Waals surface area contributed by atoms with E-state index in [9.17, 15) is 0 Å². The first kappa shape index (κ1) is 31.8. The maximum Gasteiger partial charge on any atom is 0.0474 e. The van der Waals surface area contributed by atoms with Crippen LogP contribution in [-0.4, -0.2) is 0 Å². The van der Waals surface area contributed by atoms with Gasteiger partial charge in [-0.2, -0.15) is 0 Å².